The summed E-state index contributed by atoms with van der Waals surface area (Å²) in [5, 5.41) is 0.493. The molecule has 0 saturated carbocycles. The molecule has 2 amide bonds. The van der Waals surface area contributed by atoms with Crippen LogP contribution < -0.4 is 4.90 Å². The molecular formula is C15H18N2O2S2. The van der Waals surface area contributed by atoms with Crippen LogP contribution in [0.4, 0.5) is 5.69 Å². The molecule has 0 aromatic heterocycles. The average molecular weight is 322 g/mol. The van der Waals surface area contributed by atoms with Gasteiger partial charge >= 0.3 is 0 Å². The molecule has 0 N–H and O–H groups in total. The minimum atomic E-state index is 0.0213. The second kappa shape index (κ2) is 6.32. The third-order valence-electron chi connectivity index (χ3n) is 3.70. The predicted molar refractivity (Wildman–Crippen MR) is 87.8 cm³/mol. The van der Waals surface area contributed by atoms with Gasteiger partial charge in [0.25, 0.3) is 0 Å². The lowest BCUT2D eigenvalue weighted by Gasteiger charge is -2.25. The zero-order valence-corrected chi connectivity index (χ0v) is 13.6. The summed E-state index contributed by atoms with van der Waals surface area (Å²) in [5.41, 5.74) is 0.983. The lowest BCUT2D eigenvalue weighted by molar-refractivity contribution is -0.131. The predicted octanol–water partition coefficient (Wildman–Crippen LogP) is 2.44. The summed E-state index contributed by atoms with van der Waals surface area (Å²) in [6.45, 7) is 3.11. The van der Waals surface area contributed by atoms with Crippen LogP contribution in [0.2, 0.25) is 0 Å². The molecule has 4 nitrogen and oxygen atoms in total. The quantitative estimate of drug-likeness (QED) is 0.838. The van der Waals surface area contributed by atoms with E-state index in [-0.39, 0.29) is 18.4 Å². The summed E-state index contributed by atoms with van der Waals surface area (Å²) >= 11 is 3.39. The van der Waals surface area contributed by atoms with Crippen LogP contribution >= 0.6 is 23.5 Å². The molecule has 21 heavy (non-hydrogen) atoms. The molecular weight excluding hydrogens is 304 g/mol. The summed E-state index contributed by atoms with van der Waals surface area (Å²) in [7, 11) is 0. The fourth-order valence-electron chi connectivity index (χ4n) is 2.53. The van der Waals surface area contributed by atoms with Crippen molar-refractivity contribution in [2.75, 3.05) is 29.6 Å². The van der Waals surface area contributed by atoms with Gasteiger partial charge < -0.3 is 9.80 Å². The second-order valence-corrected chi connectivity index (χ2v) is 7.73. The van der Waals surface area contributed by atoms with Gasteiger partial charge in [0.05, 0.1) is 17.3 Å². The number of fused-ring (bicyclic) bond motifs is 1. The van der Waals surface area contributed by atoms with E-state index in [9.17, 15) is 9.59 Å². The zero-order valence-electron chi connectivity index (χ0n) is 11.9. The van der Waals surface area contributed by atoms with E-state index in [4.69, 9.17) is 0 Å². The highest BCUT2D eigenvalue weighted by molar-refractivity contribution is 8.00. The molecule has 1 saturated heterocycles. The van der Waals surface area contributed by atoms with Gasteiger partial charge in [-0.25, -0.2) is 0 Å². The Kier molecular flexibility index (Phi) is 4.45. The third-order valence-corrected chi connectivity index (χ3v) is 5.88. The molecule has 2 aliphatic rings. The van der Waals surface area contributed by atoms with Crippen molar-refractivity contribution in [2.45, 2.75) is 23.5 Å². The highest BCUT2D eigenvalue weighted by Crippen LogP contribution is 2.37. The maximum absolute atomic E-state index is 12.6. The van der Waals surface area contributed by atoms with Crippen molar-refractivity contribution >= 4 is 41.0 Å². The van der Waals surface area contributed by atoms with Crippen molar-refractivity contribution in [3.63, 3.8) is 0 Å². The number of amides is 2. The van der Waals surface area contributed by atoms with E-state index in [0.29, 0.717) is 16.9 Å². The fraction of sp³-hybridized carbons (Fsp3) is 0.467. The van der Waals surface area contributed by atoms with E-state index in [1.54, 1.807) is 16.7 Å². The molecule has 3 rings (SSSR count). The van der Waals surface area contributed by atoms with Crippen molar-refractivity contribution < 1.29 is 9.59 Å². The van der Waals surface area contributed by atoms with E-state index >= 15 is 0 Å². The minimum Gasteiger partial charge on any atom is -0.323 e. The van der Waals surface area contributed by atoms with Gasteiger partial charge in [-0.2, -0.15) is 0 Å². The first-order valence-corrected chi connectivity index (χ1v) is 9.10. The van der Waals surface area contributed by atoms with Gasteiger partial charge in [0, 0.05) is 16.7 Å². The van der Waals surface area contributed by atoms with Crippen LogP contribution in [-0.4, -0.2) is 46.7 Å². The van der Waals surface area contributed by atoms with E-state index < -0.39 is 0 Å². The molecule has 112 valence electrons. The zero-order chi connectivity index (χ0) is 14.8. The number of carbonyl (C=O) groups excluding carboxylic acids is 2. The number of hydrogen-bond acceptors (Lipinski definition) is 4. The van der Waals surface area contributed by atoms with E-state index in [0.717, 1.165) is 23.5 Å². The Hall–Kier alpha value is -1.14. The number of benzene rings is 1. The Bertz CT molecular complexity index is 564. The van der Waals surface area contributed by atoms with Gasteiger partial charge in [-0.05, 0) is 18.6 Å². The van der Waals surface area contributed by atoms with Crippen molar-refractivity contribution in [1.29, 1.82) is 0 Å². The van der Waals surface area contributed by atoms with Gasteiger partial charge in [-0.1, -0.05) is 19.1 Å². The molecule has 1 atom stereocenters. The SMILES string of the molecule is C[C@@H]1CCN(C(=O)CN2CSCC2=O)c2ccccc2S1. The summed E-state index contributed by atoms with van der Waals surface area (Å²) in [5.74, 6) is 1.22. The normalized spacial score (nSPS) is 22.1. The summed E-state index contributed by atoms with van der Waals surface area (Å²) < 4.78 is 0. The number of rotatable bonds is 2. The smallest absolute Gasteiger partial charge is 0.246 e. The Morgan fingerprint density at radius 3 is 2.95 bits per heavy atom. The average Bonchev–Trinajstić information content (AvgIpc) is 2.78. The fourth-order valence-corrected chi connectivity index (χ4v) is 4.55. The molecule has 0 aliphatic carbocycles. The summed E-state index contributed by atoms with van der Waals surface area (Å²) in [4.78, 5) is 29.0. The maximum Gasteiger partial charge on any atom is 0.246 e. The molecule has 0 unspecified atom stereocenters. The van der Waals surface area contributed by atoms with Crippen LogP contribution in [0.5, 0.6) is 0 Å². The first-order chi connectivity index (χ1) is 10.1. The first kappa shape index (κ1) is 14.8. The summed E-state index contributed by atoms with van der Waals surface area (Å²) in [6.07, 6.45) is 0.966. The Labute approximate surface area is 133 Å². The van der Waals surface area contributed by atoms with Crippen LogP contribution in [-0.2, 0) is 9.59 Å². The molecule has 2 aliphatic heterocycles. The minimum absolute atomic E-state index is 0.0213. The van der Waals surface area contributed by atoms with Crippen molar-refractivity contribution in [2.24, 2.45) is 0 Å². The van der Waals surface area contributed by atoms with Crippen molar-refractivity contribution in [3.8, 4) is 0 Å². The molecule has 0 spiro atoms. The Morgan fingerprint density at radius 2 is 2.19 bits per heavy atom. The van der Waals surface area contributed by atoms with E-state index in [1.165, 1.54) is 0 Å². The number of nitrogens with zero attached hydrogens (tertiary/aromatic N) is 2. The van der Waals surface area contributed by atoms with E-state index in [1.807, 2.05) is 34.9 Å². The number of hydrogen-bond donors (Lipinski definition) is 0. The topological polar surface area (TPSA) is 40.6 Å². The number of carbonyl (C=O) groups is 2. The lowest BCUT2D eigenvalue weighted by Crippen LogP contribution is -2.41. The van der Waals surface area contributed by atoms with Crippen LogP contribution in [0, 0.1) is 0 Å². The highest BCUT2D eigenvalue weighted by Gasteiger charge is 2.28. The monoisotopic (exact) mass is 322 g/mol. The van der Waals surface area contributed by atoms with Gasteiger partial charge in [-0.15, -0.1) is 23.5 Å². The van der Waals surface area contributed by atoms with Gasteiger partial charge in [0.2, 0.25) is 11.8 Å². The van der Waals surface area contributed by atoms with Gasteiger partial charge in [0.1, 0.15) is 6.54 Å². The van der Waals surface area contributed by atoms with Crippen LogP contribution in [0.1, 0.15) is 13.3 Å². The Morgan fingerprint density at radius 1 is 1.38 bits per heavy atom. The van der Waals surface area contributed by atoms with Gasteiger partial charge in [-0.3, -0.25) is 9.59 Å². The van der Waals surface area contributed by atoms with Gasteiger partial charge in [0.15, 0.2) is 0 Å². The molecule has 2 heterocycles. The molecule has 1 aromatic carbocycles. The first-order valence-electron chi connectivity index (χ1n) is 7.06. The third kappa shape index (κ3) is 3.21. The summed E-state index contributed by atoms with van der Waals surface area (Å²) in [6, 6.07) is 8.04. The van der Waals surface area contributed by atoms with Crippen LogP contribution in [0.15, 0.2) is 29.2 Å². The molecule has 1 fully saturated rings. The number of anilines is 1. The molecule has 1 aromatic rings. The van der Waals surface area contributed by atoms with Crippen LogP contribution in [0.3, 0.4) is 0 Å². The van der Waals surface area contributed by atoms with Crippen molar-refractivity contribution in [1.82, 2.24) is 4.90 Å². The van der Waals surface area contributed by atoms with E-state index in [2.05, 4.69) is 13.0 Å². The second-order valence-electron chi connectivity index (χ2n) is 5.30. The number of thioether (sulfide) groups is 2. The Balaban J connectivity index is 1.80. The molecule has 6 heteroatoms. The molecule has 0 bridgehead atoms. The molecule has 0 radical (unpaired) electrons. The largest absolute Gasteiger partial charge is 0.323 e. The van der Waals surface area contributed by atoms with Crippen molar-refractivity contribution in [3.05, 3.63) is 24.3 Å². The van der Waals surface area contributed by atoms with Crippen LogP contribution in [0.25, 0.3) is 0 Å². The maximum atomic E-state index is 12.6. The standard InChI is InChI=1S/C15H18N2O2S2/c1-11-6-7-17(12-4-2-3-5-13(12)21-11)14(18)8-16-10-20-9-15(16)19/h2-5,11H,6-10H2,1H3/t11-/m1/s1. The highest BCUT2D eigenvalue weighted by atomic mass is 32.2. The lowest BCUT2D eigenvalue weighted by atomic mass is 10.2. The number of para-hydroxylation sites is 1.